The topological polar surface area (TPSA) is 60.7 Å². The highest BCUT2D eigenvalue weighted by molar-refractivity contribution is 4.84. The predicted molar refractivity (Wildman–Crippen MR) is 42.9 cm³/mol. The first-order chi connectivity index (χ1) is 4.83. The van der Waals surface area contributed by atoms with Crippen LogP contribution < -0.4 is 0 Å². The third kappa shape index (κ3) is 6.28. The number of hydrogen-bond acceptors (Lipinski definition) is 3. The molecule has 0 saturated carbocycles. The Morgan fingerprint density at radius 3 is 1.64 bits per heavy atom. The van der Waals surface area contributed by atoms with Crippen molar-refractivity contribution in [2.75, 3.05) is 0 Å². The lowest BCUT2D eigenvalue weighted by Gasteiger charge is -2.25. The van der Waals surface area contributed by atoms with Crippen molar-refractivity contribution in [3.63, 3.8) is 0 Å². The quantitative estimate of drug-likeness (QED) is 0.547. The summed E-state index contributed by atoms with van der Waals surface area (Å²) in [5, 5.41) is 27.3. The predicted octanol–water partition coefficient (Wildman–Crippen LogP) is 0.0934. The zero-order valence-corrected chi connectivity index (χ0v) is 7.12. The molecule has 0 rings (SSSR count). The van der Waals surface area contributed by atoms with Crippen molar-refractivity contribution in [2.45, 2.75) is 44.5 Å². The molecule has 3 nitrogen and oxygen atoms in total. The molecule has 2 unspecified atom stereocenters. The van der Waals surface area contributed by atoms with Gasteiger partial charge in [0.2, 0.25) is 0 Å². The van der Waals surface area contributed by atoms with Crippen molar-refractivity contribution < 1.29 is 15.3 Å². The maximum absolute atomic E-state index is 9.42. The van der Waals surface area contributed by atoms with Crippen molar-refractivity contribution in [3.8, 4) is 0 Å². The van der Waals surface area contributed by atoms with Gasteiger partial charge in [-0.15, -0.1) is 0 Å². The van der Waals surface area contributed by atoms with Crippen LogP contribution in [0, 0.1) is 6.92 Å². The summed E-state index contributed by atoms with van der Waals surface area (Å²) in [5.41, 5.74) is -1.21. The molecule has 3 N–H and O–H groups in total. The Kier molecular flexibility index (Phi) is 4.00. The third-order valence-electron chi connectivity index (χ3n) is 1.35. The first-order valence-corrected chi connectivity index (χ1v) is 3.77. The Morgan fingerprint density at radius 2 is 1.45 bits per heavy atom. The van der Waals surface area contributed by atoms with Gasteiger partial charge >= 0.3 is 0 Å². The van der Waals surface area contributed by atoms with Crippen molar-refractivity contribution in [1.82, 2.24) is 0 Å². The molecule has 0 aliphatic heterocycles. The molecule has 0 heterocycles. The summed E-state index contributed by atoms with van der Waals surface area (Å²) in [6.45, 7) is 6.65. The minimum Gasteiger partial charge on any atom is -0.393 e. The molecule has 2 atom stereocenters. The highest BCUT2D eigenvalue weighted by atomic mass is 16.3. The van der Waals surface area contributed by atoms with E-state index in [-0.39, 0.29) is 12.8 Å². The van der Waals surface area contributed by atoms with Crippen LogP contribution in [0.25, 0.3) is 0 Å². The fourth-order valence-corrected chi connectivity index (χ4v) is 1.18. The Balaban J connectivity index is 3.79. The second-order valence-electron chi connectivity index (χ2n) is 3.33. The lowest BCUT2D eigenvalue weighted by molar-refractivity contribution is -0.00514. The lowest BCUT2D eigenvalue weighted by Crippen LogP contribution is -2.32. The number of hydrogen-bond donors (Lipinski definition) is 3. The molecule has 0 bridgehead atoms. The van der Waals surface area contributed by atoms with Crippen LogP contribution in [0.5, 0.6) is 0 Å². The zero-order chi connectivity index (χ0) is 9.07. The van der Waals surface area contributed by atoms with Gasteiger partial charge in [0.1, 0.15) is 0 Å². The van der Waals surface area contributed by atoms with Gasteiger partial charge in [0.15, 0.2) is 0 Å². The highest BCUT2D eigenvalue weighted by Gasteiger charge is 2.24. The molecule has 0 aliphatic carbocycles. The summed E-state index contributed by atoms with van der Waals surface area (Å²) in [4.78, 5) is 0. The molecule has 3 heteroatoms. The van der Waals surface area contributed by atoms with Crippen LogP contribution in [0.4, 0.5) is 0 Å². The monoisotopic (exact) mass is 161 g/mol. The largest absolute Gasteiger partial charge is 0.393 e. The van der Waals surface area contributed by atoms with Crippen LogP contribution >= 0.6 is 0 Å². The average molecular weight is 161 g/mol. The lowest BCUT2D eigenvalue weighted by atomic mass is 9.93. The standard InChI is InChI=1S/C8H17O3/c1-6(9)4-8(3,11)5-7(2)10/h6-7,9-11H,3-5H2,1-2H3. The average Bonchev–Trinajstić information content (AvgIpc) is 1.53. The molecule has 0 aromatic carbocycles. The van der Waals surface area contributed by atoms with Gasteiger partial charge in [-0.05, 0) is 20.8 Å². The zero-order valence-electron chi connectivity index (χ0n) is 7.12. The second-order valence-corrected chi connectivity index (χ2v) is 3.33. The van der Waals surface area contributed by atoms with Crippen molar-refractivity contribution >= 4 is 0 Å². The van der Waals surface area contributed by atoms with Crippen molar-refractivity contribution in [3.05, 3.63) is 6.92 Å². The van der Waals surface area contributed by atoms with E-state index in [4.69, 9.17) is 10.2 Å². The smallest absolute Gasteiger partial charge is 0.0697 e. The first kappa shape index (κ1) is 10.9. The fourth-order valence-electron chi connectivity index (χ4n) is 1.18. The van der Waals surface area contributed by atoms with Gasteiger partial charge < -0.3 is 15.3 Å². The van der Waals surface area contributed by atoms with Gasteiger partial charge in [0.05, 0.1) is 17.8 Å². The number of rotatable bonds is 4. The van der Waals surface area contributed by atoms with Crippen LogP contribution in [-0.4, -0.2) is 33.1 Å². The van der Waals surface area contributed by atoms with E-state index in [0.29, 0.717) is 0 Å². The summed E-state index contributed by atoms with van der Waals surface area (Å²) in [7, 11) is 0. The van der Waals surface area contributed by atoms with E-state index in [2.05, 4.69) is 6.92 Å². The Bertz CT molecular complexity index is 95.9. The molecular weight excluding hydrogens is 144 g/mol. The maximum atomic E-state index is 9.42. The Labute approximate surface area is 67.7 Å². The highest BCUT2D eigenvalue weighted by Crippen LogP contribution is 2.17. The SMILES string of the molecule is [CH2]C(O)(CC(C)O)CC(C)O. The molecule has 0 aliphatic rings. The minimum atomic E-state index is -1.21. The molecule has 1 radical (unpaired) electrons. The molecular formula is C8H17O3. The second kappa shape index (κ2) is 4.04. The summed E-state index contributed by atoms with van der Waals surface area (Å²) in [6.07, 6.45) is -0.789. The molecule has 67 valence electrons. The van der Waals surface area contributed by atoms with E-state index in [1.807, 2.05) is 0 Å². The molecule has 0 aromatic rings. The van der Waals surface area contributed by atoms with Gasteiger partial charge in [-0.3, -0.25) is 0 Å². The van der Waals surface area contributed by atoms with E-state index >= 15 is 0 Å². The fraction of sp³-hybridized carbons (Fsp3) is 0.875. The van der Waals surface area contributed by atoms with Crippen molar-refractivity contribution in [2.24, 2.45) is 0 Å². The summed E-state index contributed by atoms with van der Waals surface area (Å²) in [6, 6.07) is 0. The summed E-state index contributed by atoms with van der Waals surface area (Å²) < 4.78 is 0. The van der Waals surface area contributed by atoms with Gasteiger partial charge in [-0.25, -0.2) is 0 Å². The van der Waals surface area contributed by atoms with Crippen LogP contribution in [0.1, 0.15) is 26.7 Å². The number of aliphatic hydroxyl groups excluding tert-OH is 2. The molecule has 0 fully saturated rings. The van der Waals surface area contributed by atoms with E-state index in [9.17, 15) is 5.11 Å². The van der Waals surface area contributed by atoms with E-state index in [1.165, 1.54) is 0 Å². The molecule has 0 saturated heterocycles. The Morgan fingerprint density at radius 1 is 1.18 bits per heavy atom. The molecule has 0 spiro atoms. The van der Waals surface area contributed by atoms with Gasteiger partial charge in [-0.2, -0.15) is 0 Å². The van der Waals surface area contributed by atoms with Gasteiger partial charge in [0, 0.05) is 12.8 Å². The van der Waals surface area contributed by atoms with E-state index in [0.717, 1.165) is 0 Å². The van der Waals surface area contributed by atoms with Crippen LogP contribution in [0.15, 0.2) is 0 Å². The maximum Gasteiger partial charge on any atom is 0.0697 e. The van der Waals surface area contributed by atoms with Crippen LogP contribution in [-0.2, 0) is 0 Å². The molecule has 0 aromatic heterocycles. The molecule has 11 heavy (non-hydrogen) atoms. The van der Waals surface area contributed by atoms with Crippen molar-refractivity contribution in [1.29, 1.82) is 0 Å². The minimum absolute atomic E-state index is 0.192. The summed E-state index contributed by atoms with van der Waals surface area (Å²) >= 11 is 0. The van der Waals surface area contributed by atoms with Gasteiger partial charge in [-0.1, -0.05) is 0 Å². The van der Waals surface area contributed by atoms with E-state index in [1.54, 1.807) is 13.8 Å². The third-order valence-corrected chi connectivity index (χ3v) is 1.35. The normalized spacial score (nSPS) is 22.4. The van der Waals surface area contributed by atoms with Crippen LogP contribution in [0.2, 0.25) is 0 Å². The molecule has 0 amide bonds. The van der Waals surface area contributed by atoms with Crippen LogP contribution in [0.3, 0.4) is 0 Å². The van der Waals surface area contributed by atoms with Gasteiger partial charge in [0.25, 0.3) is 0 Å². The summed E-state index contributed by atoms with van der Waals surface area (Å²) in [5.74, 6) is 0. The first-order valence-electron chi connectivity index (χ1n) is 3.77. The Hall–Kier alpha value is -0.120. The van der Waals surface area contributed by atoms with E-state index < -0.39 is 17.8 Å². The number of aliphatic hydroxyl groups is 3.